The van der Waals surface area contributed by atoms with Crippen molar-refractivity contribution in [3.63, 3.8) is 0 Å². The van der Waals surface area contributed by atoms with Gasteiger partial charge in [-0.25, -0.2) is 0 Å². The van der Waals surface area contributed by atoms with Gasteiger partial charge in [0.25, 0.3) is 0 Å². The molecule has 0 bridgehead atoms. The Morgan fingerprint density at radius 2 is 1.00 bits per heavy atom. The molecule has 0 heterocycles. The molecule has 0 aliphatic heterocycles. The third-order valence-electron chi connectivity index (χ3n) is 2.78. The molecule has 0 unspecified atom stereocenters. The first-order chi connectivity index (χ1) is 7.91. The lowest BCUT2D eigenvalue weighted by Gasteiger charge is -1.94. The Morgan fingerprint density at radius 1 is 0.500 bits per heavy atom. The summed E-state index contributed by atoms with van der Waals surface area (Å²) in [6, 6.07) is 0. The van der Waals surface area contributed by atoms with Crippen molar-refractivity contribution in [1.29, 1.82) is 0 Å². The zero-order chi connectivity index (χ0) is 11.9. The second-order valence-corrected chi connectivity index (χ2v) is 4.51. The Morgan fingerprint density at radius 3 is 1.56 bits per heavy atom. The first-order valence-corrected chi connectivity index (χ1v) is 7.21. The summed E-state index contributed by atoms with van der Waals surface area (Å²) < 4.78 is 0. The number of unbranched alkanes of at least 4 members (excludes halogenated alkanes) is 7. The van der Waals surface area contributed by atoms with Crippen LogP contribution in [0.25, 0.3) is 0 Å². The van der Waals surface area contributed by atoms with Crippen LogP contribution in [0.3, 0.4) is 0 Å². The van der Waals surface area contributed by atoms with Crippen LogP contribution in [-0.4, -0.2) is 0 Å². The smallest absolute Gasteiger partial charge is 0.0316 e. The van der Waals surface area contributed by atoms with Crippen molar-refractivity contribution >= 4 is 0 Å². The summed E-state index contributed by atoms with van der Waals surface area (Å²) in [5.74, 6) is 0. The first-order valence-electron chi connectivity index (χ1n) is 7.21. The van der Waals surface area contributed by atoms with Gasteiger partial charge in [0.2, 0.25) is 0 Å². The van der Waals surface area contributed by atoms with Gasteiger partial charge in [-0.05, 0) is 32.1 Å². The van der Waals surface area contributed by atoms with Crippen molar-refractivity contribution in [2.45, 2.75) is 78.1 Å². The molecule has 0 aromatic rings. The van der Waals surface area contributed by atoms with Crippen LogP contribution in [0.4, 0.5) is 0 Å². The van der Waals surface area contributed by atoms with Crippen LogP contribution < -0.4 is 0 Å². The zero-order valence-electron chi connectivity index (χ0n) is 11.4. The summed E-state index contributed by atoms with van der Waals surface area (Å²) in [5.41, 5.74) is 0. The van der Waals surface area contributed by atoms with Crippen molar-refractivity contribution in [3.8, 4) is 0 Å². The van der Waals surface area contributed by atoms with Crippen molar-refractivity contribution in [2.75, 3.05) is 0 Å². The van der Waals surface area contributed by atoms with Gasteiger partial charge in [-0.2, -0.15) is 0 Å². The van der Waals surface area contributed by atoms with Crippen LogP contribution in [-0.2, 0) is 0 Å². The predicted molar refractivity (Wildman–Crippen MR) is 75.8 cm³/mol. The standard InChI is InChI=1S/C16H30/c1-3-5-7-9-11-13-15-16-14-12-10-8-6-4-2/h9,11,14,16H,3-8,10,12-13,15H2,1-2H3/b11-9-,16-14-. The zero-order valence-corrected chi connectivity index (χ0v) is 11.4. The van der Waals surface area contributed by atoms with Crippen LogP contribution in [0.5, 0.6) is 0 Å². The van der Waals surface area contributed by atoms with E-state index >= 15 is 0 Å². The van der Waals surface area contributed by atoms with E-state index < -0.39 is 0 Å². The molecule has 0 heteroatoms. The minimum atomic E-state index is 1.22. The molecule has 0 spiro atoms. The Bertz CT molecular complexity index is 165. The molecule has 94 valence electrons. The fourth-order valence-corrected chi connectivity index (χ4v) is 1.67. The maximum Gasteiger partial charge on any atom is -0.0316 e. The molecule has 0 N–H and O–H groups in total. The third-order valence-corrected chi connectivity index (χ3v) is 2.78. The molecule has 0 rings (SSSR count). The molecule has 0 aliphatic rings. The molecule has 0 fully saturated rings. The van der Waals surface area contributed by atoms with Gasteiger partial charge in [-0.15, -0.1) is 0 Å². The summed E-state index contributed by atoms with van der Waals surface area (Å²) in [5, 5.41) is 0. The van der Waals surface area contributed by atoms with Crippen molar-refractivity contribution in [1.82, 2.24) is 0 Å². The summed E-state index contributed by atoms with van der Waals surface area (Å²) >= 11 is 0. The molecule has 0 amide bonds. The van der Waals surface area contributed by atoms with Crippen molar-refractivity contribution in [3.05, 3.63) is 24.3 Å². The Balaban J connectivity index is 3.12. The monoisotopic (exact) mass is 222 g/mol. The summed E-state index contributed by atoms with van der Waals surface area (Å²) in [4.78, 5) is 0. The van der Waals surface area contributed by atoms with Gasteiger partial charge < -0.3 is 0 Å². The SMILES string of the molecule is CCCC/C=C\CC/C=C\CCCCCC. The van der Waals surface area contributed by atoms with Gasteiger partial charge in [-0.3, -0.25) is 0 Å². The number of hydrogen-bond acceptors (Lipinski definition) is 0. The number of hydrogen-bond donors (Lipinski definition) is 0. The molecule has 16 heavy (non-hydrogen) atoms. The molecule has 0 aliphatic carbocycles. The average Bonchev–Trinajstić information content (AvgIpc) is 2.31. The van der Waals surface area contributed by atoms with E-state index in [2.05, 4.69) is 38.2 Å². The summed E-state index contributed by atoms with van der Waals surface area (Å²) in [6.45, 7) is 4.51. The maximum absolute atomic E-state index is 2.36. The lowest BCUT2D eigenvalue weighted by molar-refractivity contribution is 0.674. The van der Waals surface area contributed by atoms with Crippen molar-refractivity contribution < 1.29 is 0 Å². The van der Waals surface area contributed by atoms with Gasteiger partial charge in [0, 0.05) is 0 Å². The van der Waals surface area contributed by atoms with Gasteiger partial charge in [0.1, 0.15) is 0 Å². The predicted octanol–water partition coefficient (Wildman–Crippen LogP) is 6.04. The molecule has 0 saturated carbocycles. The minimum Gasteiger partial charge on any atom is -0.0885 e. The maximum atomic E-state index is 2.36. The quantitative estimate of drug-likeness (QED) is 0.295. The fraction of sp³-hybridized carbons (Fsp3) is 0.750. The van der Waals surface area contributed by atoms with Crippen LogP contribution >= 0.6 is 0 Å². The van der Waals surface area contributed by atoms with Crippen LogP contribution in [0.1, 0.15) is 78.1 Å². The molecular formula is C16H30. The normalized spacial score (nSPS) is 11.9. The van der Waals surface area contributed by atoms with E-state index in [1.165, 1.54) is 64.2 Å². The molecule has 0 saturated heterocycles. The topological polar surface area (TPSA) is 0 Å². The van der Waals surface area contributed by atoms with Gasteiger partial charge >= 0.3 is 0 Å². The summed E-state index contributed by atoms with van der Waals surface area (Å²) in [7, 11) is 0. The lowest BCUT2D eigenvalue weighted by atomic mass is 10.1. The Kier molecular flexibility index (Phi) is 14.0. The van der Waals surface area contributed by atoms with E-state index in [4.69, 9.17) is 0 Å². The summed E-state index contributed by atoms with van der Waals surface area (Å²) in [6.07, 6.45) is 22.5. The Labute approximate surface area is 103 Å². The van der Waals surface area contributed by atoms with E-state index in [0.29, 0.717) is 0 Å². The van der Waals surface area contributed by atoms with E-state index in [-0.39, 0.29) is 0 Å². The van der Waals surface area contributed by atoms with Gasteiger partial charge in [-0.1, -0.05) is 70.3 Å². The minimum absolute atomic E-state index is 1.22. The van der Waals surface area contributed by atoms with Crippen LogP contribution in [0.2, 0.25) is 0 Å². The highest BCUT2D eigenvalue weighted by molar-refractivity contribution is 4.87. The number of allylic oxidation sites excluding steroid dienone is 4. The average molecular weight is 222 g/mol. The highest BCUT2D eigenvalue weighted by atomic mass is 13.9. The lowest BCUT2D eigenvalue weighted by Crippen LogP contribution is -1.74. The fourth-order valence-electron chi connectivity index (χ4n) is 1.67. The van der Waals surface area contributed by atoms with E-state index in [1.54, 1.807) is 0 Å². The molecule has 0 radical (unpaired) electrons. The Hall–Kier alpha value is -0.520. The van der Waals surface area contributed by atoms with E-state index in [0.717, 1.165) is 0 Å². The molecule has 0 aromatic heterocycles. The highest BCUT2D eigenvalue weighted by Gasteiger charge is 1.84. The third kappa shape index (κ3) is 13.5. The number of rotatable bonds is 11. The molecule has 0 atom stereocenters. The van der Waals surface area contributed by atoms with Gasteiger partial charge in [0.05, 0.1) is 0 Å². The second-order valence-electron chi connectivity index (χ2n) is 4.51. The first kappa shape index (κ1) is 15.5. The highest BCUT2D eigenvalue weighted by Crippen LogP contribution is 2.04. The molecular weight excluding hydrogens is 192 g/mol. The van der Waals surface area contributed by atoms with Crippen molar-refractivity contribution in [2.24, 2.45) is 0 Å². The van der Waals surface area contributed by atoms with E-state index in [1.807, 2.05) is 0 Å². The largest absolute Gasteiger partial charge is 0.0885 e. The van der Waals surface area contributed by atoms with E-state index in [9.17, 15) is 0 Å². The molecule has 0 nitrogen and oxygen atoms in total. The van der Waals surface area contributed by atoms with Crippen LogP contribution in [0, 0.1) is 0 Å². The second kappa shape index (κ2) is 14.5. The van der Waals surface area contributed by atoms with Crippen LogP contribution in [0.15, 0.2) is 24.3 Å². The molecule has 0 aromatic carbocycles. The van der Waals surface area contributed by atoms with Gasteiger partial charge in [0.15, 0.2) is 0 Å².